The van der Waals surface area contributed by atoms with Crippen LogP contribution in [0.15, 0.2) is 24.3 Å². The highest BCUT2D eigenvalue weighted by Gasteiger charge is 2.18. The fraction of sp³-hybridized carbons (Fsp3) is 0.500. The van der Waals surface area contributed by atoms with Crippen molar-refractivity contribution in [2.45, 2.75) is 33.0 Å². The van der Waals surface area contributed by atoms with E-state index in [2.05, 4.69) is 22.9 Å². The van der Waals surface area contributed by atoms with Crippen LogP contribution in [0.2, 0.25) is 0 Å². The van der Waals surface area contributed by atoms with Gasteiger partial charge >= 0.3 is 11.9 Å². The standard InChI is InChI=1S/C12H18O6/c1-8(2)11(14)16-10(6-5-7-13)17-18-12(15)9(3)4/h10,13H,1,3,5-7H2,2,4H3. The molecule has 0 aliphatic carbocycles. The smallest absolute Gasteiger partial charge is 0.368 e. The highest BCUT2D eigenvalue weighted by Crippen LogP contribution is 2.09. The summed E-state index contributed by atoms with van der Waals surface area (Å²) >= 11 is 0. The first-order chi connectivity index (χ1) is 8.38. The van der Waals surface area contributed by atoms with E-state index in [1.54, 1.807) is 0 Å². The molecule has 1 N–H and O–H groups in total. The number of carbonyl (C=O) groups excluding carboxylic acids is 2. The average molecular weight is 258 g/mol. The maximum atomic E-state index is 11.3. The summed E-state index contributed by atoms with van der Waals surface area (Å²) in [6.07, 6.45) is -0.553. The van der Waals surface area contributed by atoms with Gasteiger partial charge in [-0.1, -0.05) is 13.2 Å². The SMILES string of the molecule is C=C(C)C(=O)OOC(CCCO)OC(=O)C(=C)C. The van der Waals surface area contributed by atoms with Gasteiger partial charge < -0.3 is 9.84 Å². The predicted molar refractivity (Wildman–Crippen MR) is 63.0 cm³/mol. The molecule has 1 unspecified atom stereocenters. The van der Waals surface area contributed by atoms with Crippen LogP contribution in [0.4, 0.5) is 0 Å². The van der Waals surface area contributed by atoms with Crippen molar-refractivity contribution >= 4 is 11.9 Å². The Morgan fingerprint density at radius 1 is 1.17 bits per heavy atom. The third-order valence-corrected chi connectivity index (χ3v) is 1.76. The largest absolute Gasteiger partial charge is 0.428 e. The monoisotopic (exact) mass is 258 g/mol. The van der Waals surface area contributed by atoms with E-state index in [0.717, 1.165) is 0 Å². The Balaban J connectivity index is 4.30. The molecule has 6 nitrogen and oxygen atoms in total. The summed E-state index contributed by atoms with van der Waals surface area (Å²) in [4.78, 5) is 31.5. The normalized spacial score (nSPS) is 11.5. The zero-order valence-electron chi connectivity index (χ0n) is 10.6. The molecule has 0 aliphatic rings. The number of esters is 1. The maximum absolute atomic E-state index is 11.3. The second-order valence-electron chi connectivity index (χ2n) is 3.73. The lowest BCUT2D eigenvalue weighted by Gasteiger charge is -2.16. The van der Waals surface area contributed by atoms with Crippen LogP contribution in [0.3, 0.4) is 0 Å². The van der Waals surface area contributed by atoms with E-state index in [1.165, 1.54) is 13.8 Å². The minimum atomic E-state index is -1.08. The van der Waals surface area contributed by atoms with E-state index in [9.17, 15) is 9.59 Å². The van der Waals surface area contributed by atoms with Crippen molar-refractivity contribution in [1.82, 2.24) is 0 Å². The van der Waals surface area contributed by atoms with E-state index in [1.807, 2.05) is 0 Å². The molecule has 0 aromatic carbocycles. The van der Waals surface area contributed by atoms with Gasteiger partial charge in [-0.05, 0) is 20.3 Å². The van der Waals surface area contributed by atoms with Crippen LogP contribution in [0.1, 0.15) is 26.7 Å². The molecule has 102 valence electrons. The van der Waals surface area contributed by atoms with Crippen LogP contribution in [-0.4, -0.2) is 29.9 Å². The minimum absolute atomic E-state index is 0.0983. The number of rotatable bonds is 8. The van der Waals surface area contributed by atoms with Gasteiger partial charge in [0, 0.05) is 24.2 Å². The summed E-state index contributed by atoms with van der Waals surface area (Å²) in [7, 11) is 0. The molecule has 1 atom stereocenters. The van der Waals surface area contributed by atoms with E-state index in [0.29, 0.717) is 6.42 Å². The summed E-state index contributed by atoms with van der Waals surface area (Å²) in [5, 5.41) is 8.69. The molecule has 0 saturated heterocycles. The number of carbonyl (C=O) groups is 2. The maximum Gasteiger partial charge on any atom is 0.368 e. The van der Waals surface area contributed by atoms with Crippen molar-refractivity contribution in [2.24, 2.45) is 0 Å². The lowest BCUT2D eigenvalue weighted by Crippen LogP contribution is -2.24. The lowest BCUT2D eigenvalue weighted by molar-refractivity contribution is -0.342. The number of hydrogen-bond donors (Lipinski definition) is 1. The number of ether oxygens (including phenoxy) is 1. The lowest BCUT2D eigenvalue weighted by atomic mass is 10.3. The number of aliphatic hydroxyl groups excluding tert-OH is 1. The van der Waals surface area contributed by atoms with Gasteiger partial charge in [-0.3, -0.25) is 4.89 Å². The van der Waals surface area contributed by atoms with Crippen LogP contribution >= 0.6 is 0 Å². The van der Waals surface area contributed by atoms with Crippen LogP contribution in [0.5, 0.6) is 0 Å². The molecular weight excluding hydrogens is 240 g/mol. The molecule has 0 aromatic rings. The van der Waals surface area contributed by atoms with Crippen molar-refractivity contribution in [2.75, 3.05) is 6.61 Å². The molecule has 0 bridgehead atoms. The van der Waals surface area contributed by atoms with Crippen molar-refractivity contribution in [1.29, 1.82) is 0 Å². The first kappa shape index (κ1) is 16.3. The third-order valence-electron chi connectivity index (χ3n) is 1.76. The van der Waals surface area contributed by atoms with Crippen molar-refractivity contribution < 1.29 is 29.2 Å². The predicted octanol–water partition coefficient (Wildman–Crippen LogP) is 1.26. The number of aliphatic hydroxyl groups is 1. The average Bonchev–Trinajstić information content (AvgIpc) is 2.31. The van der Waals surface area contributed by atoms with Crippen LogP contribution in [0, 0.1) is 0 Å². The zero-order valence-corrected chi connectivity index (χ0v) is 10.6. The molecule has 0 aliphatic heterocycles. The highest BCUT2D eigenvalue weighted by molar-refractivity contribution is 5.87. The molecule has 6 heteroatoms. The molecule has 0 spiro atoms. The van der Waals surface area contributed by atoms with E-state index in [-0.39, 0.29) is 24.2 Å². The van der Waals surface area contributed by atoms with Crippen molar-refractivity contribution in [3.05, 3.63) is 24.3 Å². The van der Waals surface area contributed by atoms with Crippen LogP contribution in [0.25, 0.3) is 0 Å². The van der Waals surface area contributed by atoms with Crippen LogP contribution in [-0.2, 0) is 24.1 Å². The molecule has 0 saturated carbocycles. The fourth-order valence-electron chi connectivity index (χ4n) is 0.773. The number of hydrogen-bond acceptors (Lipinski definition) is 6. The van der Waals surface area contributed by atoms with E-state index < -0.39 is 18.2 Å². The van der Waals surface area contributed by atoms with Gasteiger partial charge in [0.1, 0.15) is 0 Å². The third kappa shape index (κ3) is 6.82. The Labute approximate surface area is 106 Å². The minimum Gasteiger partial charge on any atom is -0.428 e. The van der Waals surface area contributed by atoms with Gasteiger partial charge in [0.25, 0.3) is 0 Å². The zero-order chi connectivity index (χ0) is 14.1. The Hall–Kier alpha value is -1.66. The molecule has 0 radical (unpaired) electrons. The van der Waals surface area contributed by atoms with Crippen molar-refractivity contribution in [3.63, 3.8) is 0 Å². The molecule has 0 heterocycles. The molecule has 0 rings (SSSR count). The second kappa shape index (κ2) is 8.43. The van der Waals surface area contributed by atoms with Gasteiger partial charge in [0.2, 0.25) is 6.29 Å². The molecule has 0 fully saturated rings. The Kier molecular flexibility index (Phi) is 7.66. The summed E-state index contributed by atoms with van der Waals surface area (Å²) in [5.41, 5.74) is 0.348. The summed E-state index contributed by atoms with van der Waals surface area (Å²) < 4.78 is 4.87. The van der Waals surface area contributed by atoms with Crippen LogP contribution < -0.4 is 0 Å². The molecule has 0 amide bonds. The van der Waals surface area contributed by atoms with Gasteiger partial charge in [0.05, 0.1) is 0 Å². The fourth-order valence-corrected chi connectivity index (χ4v) is 0.773. The van der Waals surface area contributed by atoms with Gasteiger partial charge in [-0.15, -0.1) is 4.89 Å². The quantitative estimate of drug-likeness (QED) is 0.232. The molecule has 0 aromatic heterocycles. The summed E-state index contributed by atoms with van der Waals surface area (Å²) in [5.74, 6) is -1.42. The van der Waals surface area contributed by atoms with E-state index >= 15 is 0 Å². The first-order valence-corrected chi connectivity index (χ1v) is 5.39. The summed E-state index contributed by atoms with van der Waals surface area (Å²) in [6, 6.07) is 0. The first-order valence-electron chi connectivity index (χ1n) is 5.39. The van der Waals surface area contributed by atoms with Crippen molar-refractivity contribution in [3.8, 4) is 0 Å². The van der Waals surface area contributed by atoms with Gasteiger partial charge in [0.15, 0.2) is 0 Å². The molecular formula is C12H18O6. The summed E-state index contributed by atoms with van der Waals surface area (Å²) in [6.45, 7) is 9.61. The Bertz CT molecular complexity index is 333. The highest BCUT2D eigenvalue weighted by atomic mass is 17.2. The van der Waals surface area contributed by atoms with Gasteiger partial charge in [-0.25, -0.2) is 9.59 Å². The second-order valence-corrected chi connectivity index (χ2v) is 3.73. The molecule has 18 heavy (non-hydrogen) atoms. The Morgan fingerprint density at radius 3 is 2.17 bits per heavy atom. The Morgan fingerprint density at radius 2 is 1.72 bits per heavy atom. The topological polar surface area (TPSA) is 82.1 Å². The van der Waals surface area contributed by atoms with Gasteiger partial charge in [-0.2, -0.15) is 0 Å². The van der Waals surface area contributed by atoms with E-state index in [4.69, 9.17) is 9.84 Å².